The van der Waals surface area contributed by atoms with E-state index in [0.717, 1.165) is 31.2 Å². The number of likely N-dealkylation sites (N-methyl/N-ethyl adjacent to an activating group) is 1. The van der Waals surface area contributed by atoms with Gasteiger partial charge in [-0.2, -0.15) is 0 Å². The molecule has 0 amide bonds. The first kappa shape index (κ1) is 11.0. The third-order valence-electron chi connectivity index (χ3n) is 2.31. The maximum absolute atomic E-state index is 5.52. The summed E-state index contributed by atoms with van der Waals surface area (Å²) in [6.45, 7) is 6.71. The van der Waals surface area contributed by atoms with Crippen molar-refractivity contribution in [2.75, 3.05) is 25.0 Å². The smallest absolute Gasteiger partial charge is 0.205 e. The molecule has 1 rings (SSSR count). The number of aromatic nitrogens is 2. The van der Waals surface area contributed by atoms with E-state index in [9.17, 15) is 0 Å². The van der Waals surface area contributed by atoms with Gasteiger partial charge in [-0.05, 0) is 13.3 Å². The van der Waals surface area contributed by atoms with Crippen molar-refractivity contribution in [2.45, 2.75) is 26.8 Å². The van der Waals surface area contributed by atoms with Crippen molar-refractivity contribution in [3.05, 3.63) is 11.9 Å². The monoisotopic (exact) mass is 196 g/mol. The first-order valence-electron chi connectivity index (χ1n) is 5.20. The zero-order valence-corrected chi connectivity index (χ0v) is 9.32. The third kappa shape index (κ3) is 2.26. The summed E-state index contributed by atoms with van der Waals surface area (Å²) >= 11 is 0. The van der Waals surface area contributed by atoms with Crippen LogP contribution in [0.3, 0.4) is 0 Å². The summed E-state index contributed by atoms with van der Waals surface area (Å²) < 4.78 is 2.16. The van der Waals surface area contributed by atoms with Crippen LogP contribution < -0.4 is 10.6 Å². The van der Waals surface area contributed by atoms with Crippen LogP contribution in [0, 0.1) is 0 Å². The number of anilines is 1. The molecular weight excluding hydrogens is 176 g/mol. The summed E-state index contributed by atoms with van der Waals surface area (Å²) in [5, 5.41) is 0. The second kappa shape index (κ2) is 5.00. The van der Waals surface area contributed by atoms with E-state index in [1.165, 1.54) is 0 Å². The Morgan fingerprint density at radius 1 is 1.50 bits per heavy atom. The van der Waals surface area contributed by atoms with Crippen LogP contribution in [0.25, 0.3) is 0 Å². The molecule has 0 atom stereocenters. The van der Waals surface area contributed by atoms with Crippen LogP contribution >= 0.6 is 0 Å². The van der Waals surface area contributed by atoms with E-state index in [0.29, 0.717) is 6.54 Å². The average molecular weight is 196 g/mol. The van der Waals surface area contributed by atoms with Gasteiger partial charge in [-0.1, -0.05) is 6.92 Å². The van der Waals surface area contributed by atoms with Crippen LogP contribution in [0.1, 0.15) is 19.5 Å². The zero-order chi connectivity index (χ0) is 10.6. The Hall–Kier alpha value is -1.03. The van der Waals surface area contributed by atoms with Gasteiger partial charge < -0.3 is 15.2 Å². The van der Waals surface area contributed by atoms with Crippen molar-refractivity contribution in [1.29, 1.82) is 0 Å². The van der Waals surface area contributed by atoms with Crippen LogP contribution in [-0.2, 0) is 13.0 Å². The maximum Gasteiger partial charge on any atom is 0.205 e. The highest BCUT2D eigenvalue weighted by Gasteiger charge is 2.09. The largest absolute Gasteiger partial charge is 0.344 e. The Balaban J connectivity index is 2.87. The molecule has 0 spiro atoms. The molecule has 0 aliphatic carbocycles. The Morgan fingerprint density at radius 3 is 2.71 bits per heavy atom. The van der Waals surface area contributed by atoms with Gasteiger partial charge in [-0.15, -0.1) is 0 Å². The number of nitrogens with zero attached hydrogens (tertiary/aromatic N) is 3. The lowest BCUT2D eigenvalue weighted by Crippen LogP contribution is -2.27. The molecule has 14 heavy (non-hydrogen) atoms. The SMILES string of the molecule is CCc1cn(CC)c(N(C)CCN)n1. The van der Waals surface area contributed by atoms with E-state index < -0.39 is 0 Å². The van der Waals surface area contributed by atoms with Gasteiger partial charge in [0.1, 0.15) is 0 Å². The number of imidazole rings is 1. The lowest BCUT2D eigenvalue weighted by molar-refractivity contribution is 0.724. The normalized spacial score (nSPS) is 10.6. The molecule has 0 aromatic carbocycles. The fourth-order valence-electron chi connectivity index (χ4n) is 1.46. The lowest BCUT2D eigenvalue weighted by atomic mass is 10.4. The number of aryl methyl sites for hydroxylation is 2. The molecule has 0 saturated carbocycles. The molecule has 0 aliphatic heterocycles. The van der Waals surface area contributed by atoms with Crippen molar-refractivity contribution in [1.82, 2.24) is 9.55 Å². The molecular formula is C10H20N4. The Labute approximate surface area is 85.7 Å². The van der Waals surface area contributed by atoms with Crippen molar-refractivity contribution >= 4 is 5.95 Å². The van der Waals surface area contributed by atoms with E-state index in [2.05, 4.69) is 34.5 Å². The molecule has 80 valence electrons. The van der Waals surface area contributed by atoms with Crippen molar-refractivity contribution in [3.8, 4) is 0 Å². The molecule has 0 saturated heterocycles. The van der Waals surface area contributed by atoms with Gasteiger partial charge in [0, 0.05) is 32.9 Å². The van der Waals surface area contributed by atoms with Gasteiger partial charge in [-0.3, -0.25) is 0 Å². The maximum atomic E-state index is 5.52. The van der Waals surface area contributed by atoms with E-state index in [1.807, 2.05) is 7.05 Å². The topological polar surface area (TPSA) is 47.1 Å². The lowest BCUT2D eigenvalue weighted by Gasteiger charge is -2.17. The highest BCUT2D eigenvalue weighted by atomic mass is 15.3. The van der Waals surface area contributed by atoms with E-state index in [-0.39, 0.29) is 0 Å². The third-order valence-corrected chi connectivity index (χ3v) is 2.31. The van der Waals surface area contributed by atoms with Crippen molar-refractivity contribution < 1.29 is 0 Å². The van der Waals surface area contributed by atoms with Gasteiger partial charge >= 0.3 is 0 Å². The summed E-state index contributed by atoms with van der Waals surface area (Å²) in [4.78, 5) is 6.65. The average Bonchev–Trinajstić information content (AvgIpc) is 2.61. The number of rotatable bonds is 5. The van der Waals surface area contributed by atoms with Crippen LogP contribution in [-0.4, -0.2) is 29.7 Å². The van der Waals surface area contributed by atoms with Gasteiger partial charge in [-0.25, -0.2) is 4.98 Å². The predicted molar refractivity (Wildman–Crippen MR) is 59.6 cm³/mol. The summed E-state index contributed by atoms with van der Waals surface area (Å²) in [5.41, 5.74) is 6.66. The van der Waals surface area contributed by atoms with Gasteiger partial charge in [0.05, 0.1) is 5.69 Å². The molecule has 4 nitrogen and oxygen atoms in total. The van der Waals surface area contributed by atoms with Gasteiger partial charge in [0.2, 0.25) is 5.95 Å². The quantitative estimate of drug-likeness (QED) is 0.760. The van der Waals surface area contributed by atoms with Crippen LogP contribution in [0.4, 0.5) is 5.95 Å². The molecule has 0 unspecified atom stereocenters. The number of hydrogen-bond donors (Lipinski definition) is 1. The minimum Gasteiger partial charge on any atom is -0.344 e. The van der Waals surface area contributed by atoms with E-state index >= 15 is 0 Å². The number of hydrogen-bond acceptors (Lipinski definition) is 3. The highest BCUT2D eigenvalue weighted by molar-refractivity contribution is 5.32. The second-order valence-electron chi connectivity index (χ2n) is 3.38. The fraction of sp³-hybridized carbons (Fsp3) is 0.700. The molecule has 1 aromatic heterocycles. The van der Waals surface area contributed by atoms with E-state index in [1.54, 1.807) is 0 Å². The summed E-state index contributed by atoms with van der Waals surface area (Å²) in [7, 11) is 2.03. The van der Waals surface area contributed by atoms with Crippen LogP contribution in [0.2, 0.25) is 0 Å². The molecule has 4 heteroatoms. The Kier molecular flexibility index (Phi) is 3.95. The summed E-state index contributed by atoms with van der Waals surface area (Å²) in [6.07, 6.45) is 3.10. The molecule has 1 heterocycles. The van der Waals surface area contributed by atoms with Gasteiger partial charge in [0.25, 0.3) is 0 Å². The standard InChI is InChI=1S/C10H20N4/c1-4-9-8-14(5-2)10(12-9)13(3)7-6-11/h8H,4-7,11H2,1-3H3. The predicted octanol–water partition coefficient (Wildman–Crippen LogP) is 0.860. The molecule has 2 N–H and O–H groups in total. The first-order chi connectivity index (χ1) is 6.72. The first-order valence-corrected chi connectivity index (χ1v) is 5.20. The fourth-order valence-corrected chi connectivity index (χ4v) is 1.46. The zero-order valence-electron chi connectivity index (χ0n) is 9.32. The summed E-state index contributed by atoms with van der Waals surface area (Å²) in [6, 6.07) is 0. The Morgan fingerprint density at radius 2 is 2.21 bits per heavy atom. The molecule has 0 fully saturated rings. The van der Waals surface area contributed by atoms with Crippen LogP contribution in [0.15, 0.2) is 6.20 Å². The molecule has 1 aromatic rings. The molecule has 0 radical (unpaired) electrons. The molecule has 0 bridgehead atoms. The van der Waals surface area contributed by atoms with Crippen molar-refractivity contribution in [2.24, 2.45) is 5.73 Å². The van der Waals surface area contributed by atoms with Gasteiger partial charge in [0.15, 0.2) is 0 Å². The van der Waals surface area contributed by atoms with Crippen LogP contribution in [0.5, 0.6) is 0 Å². The molecule has 0 aliphatic rings. The number of nitrogens with two attached hydrogens (primary N) is 1. The second-order valence-corrected chi connectivity index (χ2v) is 3.38. The van der Waals surface area contributed by atoms with E-state index in [4.69, 9.17) is 5.73 Å². The summed E-state index contributed by atoms with van der Waals surface area (Å²) in [5.74, 6) is 1.02. The van der Waals surface area contributed by atoms with Crippen molar-refractivity contribution in [3.63, 3.8) is 0 Å². The minimum atomic E-state index is 0.661. The Bertz CT molecular complexity index is 280. The minimum absolute atomic E-state index is 0.661. The highest BCUT2D eigenvalue weighted by Crippen LogP contribution is 2.12.